The molecule has 2 heterocycles. The Morgan fingerprint density at radius 3 is 2.19 bits per heavy atom. The molecule has 0 spiro atoms. The number of amides is 2. The number of carbonyl (C=O) groups is 3. The number of aliphatic carboxylic acids is 1. The van der Waals surface area contributed by atoms with E-state index in [2.05, 4.69) is 46.6 Å². The van der Waals surface area contributed by atoms with Crippen molar-refractivity contribution in [2.24, 2.45) is 11.8 Å². The first-order chi connectivity index (χ1) is 20.5. The van der Waals surface area contributed by atoms with E-state index in [1.807, 2.05) is 47.4 Å². The van der Waals surface area contributed by atoms with Crippen LogP contribution < -0.4 is 5.32 Å². The molecular formula is C34H37N3O5. The Morgan fingerprint density at radius 1 is 0.857 bits per heavy atom. The molecule has 8 heteroatoms. The third-order valence-electron chi connectivity index (χ3n) is 9.03. The lowest BCUT2D eigenvalue weighted by atomic mass is 9.88. The number of carboxylic acid groups (broad SMARTS) is 1. The second kappa shape index (κ2) is 12.4. The summed E-state index contributed by atoms with van der Waals surface area (Å²) >= 11 is 0. The number of hydrogen-bond donors (Lipinski definition) is 2. The van der Waals surface area contributed by atoms with E-state index < -0.39 is 18.1 Å². The maximum Gasteiger partial charge on any atom is 0.407 e. The number of nitrogens with zero attached hydrogens (tertiary/aromatic N) is 2. The van der Waals surface area contributed by atoms with Crippen LogP contribution in [0.25, 0.3) is 11.1 Å². The van der Waals surface area contributed by atoms with Gasteiger partial charge in [0, 0.05) is 38.5 Å². The van der Waals surface area contributed by atoms with Crippen LogP contribution in [0.3, 0.4) is 0 Å². The second-order valence-electron chi connectivity index (χ2n) is 11.7. The Balaban J connectivity index is 1.07. The van der Waals surface area contributed by atoms with Gasteiger partial charge in [-0.05, 0) is 59.0 Å². The summed E-state index contributed by atoms with van der Waals surface area (Å²) in [6.07, 6.45) is 0.114. The number of likely N-dealkylation sites (tertiary alicyclic amines) is 2. The zero-order valence-electron chi connectivity index (χ0n) is 23.7. The zero-order chi connectivity index (χ0) is 29.1. The molecule has 2 amide bonds. The molecule has 2 saturated heterocycles. The van der Waals surface area contributed by atoms with E-state index in [4.69, 9.17) is 4.74 Å². The summed E-state index contributed by atoms with van der Waals surface area (Å²) in [5, 5.41) is 12.0. The fourth-order valence-electron chi connectivity index (χ4n) is 6.94. The van der Waals surface area contributed by atoms with Gasteiger partial charge in [-0.25, -0.2) is 4.79 Å². The molecule has 1 aliphatic carbocycles. The number of benzene rings is 3. The standard InChI is InChI=1S/C34H37N3O5/c38-32(39)15-14-31(33(40)37-20-24-16-17-36(19-25(24)21-37)18-23-8-2-1-3-9-23)35-34(41)42-22-30-28-12-6-4-10-26(28)27-11-5-7-13-29(27)30/h1-13,24-25,30-31H,14-22H2,(H,35,41)(H,38,39). The fraction of sp³-hybridized carbons (Fsp3) is 0.382. The monoisotopic (exact) mass is 567 g/mol. The summed E-state index contributed by atoms with van der Waals surface area (Å²) < 4.78 is 5.68. The van der Waals surface area contributed by atoms with E-state index in [0.717, 1.165) is 48.3 Å². The van der Waals surface area contributed by atoms with Crippen LogP contribution in [0.2, 0.25) is 0 Å². The maximum atomic E-state index is 13.6. The third-order valence-corrected chi connectivity index (χ3v) is 9.03. The Morgan fingerprint density at radius 2 is 1.50 bits per heavy atom. The predicted octanol–water partition coefficient (Wildman–Crippen LogP) is 4.74. The van der Waals surface area contributed by atoms with E-state index in [9.17, 15) is 19.5 Å². The molecular weight excluding hydrogens is 530 g/mol. The minimum atomic E-state index is -1.01. The van der Waals surface area contributed by atoms with Crippen LogP contribution in [0.1, 0.15) is 41.9 Å². The van der Waals surface area contributed by atoms with Crippen LogP contribution in [0, 0.1) is 11.8 Å². The van der Waals surface area contributed by atoms with Gasteiger partial charge in [-0.1, -0.05) is 78.9 Å². The highest BCUT2D eigenvalue weighted by molar-refractivity contribution is 5.86. The Hall–Kier alpha value is -4.17. The first-order valence-electron chi connectivity index (χ1n) is 14.8. The van der Waals surface area contributed by atoms with E-state index in [1.165, 1.54) is 5.56 Å². The van der Waals surface area contributed by atoms with Crippen molar-refractivity contribution in [2.75, 3.05) is 32.8 Å². The number of hydrogen-bond acceptors (Lipinski definition) is 5. The molecule has 2 fully saturated rings. The third kappa shape index (κ3) is 6.04. The molecule has 8 nitrogen and oxygen atoms in total. The Kier molecular flexibility index (Phi) is 8.24. The lowest BCUT2D eigenvalue weighted by molar-refractivity contribution is -0.137. The summed E-state index contributed by atoms with van der Waals surface area (Å²) in [5.41, 5.74) is 5.75. The molecule has 0 aromatic heterocycles. The number of fused-ring (bicyclic) bond motifs is 4. The average molecular weight is 568 g/mol. The topological polar surface area (TPSA) is 99.2 Å². The minimum absolute atomic E-state index is 0.0182. The second-order valence-corrected chi connectivity index (χ2v) is 11.7. The fourth-order valence-corrected chi connectivity index (χ4v) is 6.94. The van der Waals surface area contributed by atoms with Gasteiger partial charge in [-0.3, -0.25) is 14.5 Å². The van der Waals surface area contributed by atoms with Gasteiger partial charge in [0.05, 0.1) is 0 Å². The van der Waals surface area contributed by atoms with Gasteiger partial charge in [0.15, 0.2) is 0 Å². The van der Waals surface area contributed by atoms with Crippen LogP contribution in [-0.2, 0) is 20.9 Å². The van der Waals surface area contributed by atoms with Crippen molar-refractivity contribution >= 4 is 18.0 Å². The van der Waals surface area contributed by atoms with Crippen molar-refractivity contribution in [3.05, 3.63) is 95.6 Å². The van der Waals surface area contributed by atoms with Gasteiger partial charge in [0.25, 0.3) is 0 Å². The maximum absolute atomic E-state index is 13.6. The molecule has 3 aromatic rings. The molecule has 0 saturated carbocycles. The summed E-state index contributed by atoms with van der Waals surface area (Å²) in [6, 6.07) is 25.7. The van der Waals surface area contributed by atoms with E-state index in [1.54, 1.807) is 0 Å². The van der Waals surface area contributed by atoms with Crippen LogP contribution in [0.15, 0.2) is 78.9 Å². The van der Waals surface area contributed by atoms with Crippen molar-refractivity contribution < 1.29 is 24.2 Å². The molecule has 6 rings (SSSR count). The molecule has 42 heavy (non-hydrogen) atoms. The smallest absolute Gasteiger partial charge is 0.407 e. The van der Waals surface area contributed by atoms with E-state index >= 15 is 0 Å². The molecule has 3 atom stereocenters. The SMILES string of the molecule is O=C(O)CCC(NC(=O)OCC1c2ccccc2-c2ccccc21)C(=O)N1CC2CCN(Cc3ccccc3)CC2C1. The number of carboxylic acids is 1. The molecule has 2 N–H and O–H groups in total. The van der Waals surface area contributed by atoms with Crippen LogP contribution >= 0.6 is 0 Å². The van der Waals surface area contributed by atoms with Gasteiger partial charge in [0.2, 0.25) is 5.91 Å². The van der Waals surface area contributed by atoms with Gasteiger partial charge in [0.1, 0.15) is 12.6 Å². The Labute approximate surface area is 246 Å². The van der Waals surface area contributed by atoms with Crippen molar-refractivity contribution in [1.29, 1.82) is 0 Å². The number of piperidine rings is 1. The summed E-state index contributed by atoms with van der Waals surface area (Å²) in [5.74, 6) is -0.559. The molecule has 218 valence electrons. The predicted molar refractivity (Wildman–Crippen MR) is 159 cm³/mol. The largest absolute Gasteiger partial charge is 0.481 e. The van der Waals surface area contributed by atoms with Crippen LogP contribution in [0.4, 0.5) is 4.79 Å². The summed E-state index contributed by atoms with van der Waals surface area (Å²) in [4.78, 5) is 42.3. The highest BCUT2D eigenvalue weighted by atomic mass is 16.5. The highest BCUT2D eigenvalue weighted by Gasteiger charge is 2.41. The number of ether oxygens (including phenoxy) is 1. The van der Waals surface area contributed by atoms with Gasteiger partial charge in [-0.2, -0.15) is 0 Å². The first-order valence-corrected chi connectivity index (χ1v) is 14.8. The molecule has 0 bridgehead atoms. The molecule has 3 unspecified atom stereocenters. The van der Waals surface area contributed by atoms with Gasteiger partial charge >= 0.3 is 12.1 Å². The lowest BCUT2D eigenvalue weighted by Crippen LogP contribution is -2.48. The average Bonchev–Trinajstić information content (AvgIpc) is 3.57. The molecule has 2 aliphatic heterocycles. The molecule has 3 aliphatic rings. The quantitative estimate of drug-likeness (QED) is 0.388. The Bertz CT molecular complexity index is 1400. The molecule has 0 radical (unpaired) electrons. The van der Waals surface area contributed by atoms with Crippen LogP contribution in [0.5, 0.6) is 0 Å². The highest BCUT2D eigenvalue weighted by Crippen LogP contribution is 2.44. The van der Waals surface area contributed by atoms with Gasteiger partial charge < -0.3 is 20.1 Å². The van der Waals surface area contributed by atoms with E-state index in [0.29, 0.717) is 24.9 Å². The summed E-state index contributed by atoms with van der Waals surface area (Å²) in [6.45, 7) is 4.18. The number of nitrogens with one attached hydrogen (secondary N) is 1. The number of rotatable bonds is 9. The van der Waals surface area contributed by atoms with Crippen molar-refractivity contribution in [3.8, 4) is 11.1 Å². The van der Waals surface area contributed by atoms with Crippen LogP contribution in [-0.4, -0.2) is 71.7 Å². The normalized spacial score (nSPS) is 20.3. The van der Waals surface area contributed by atoms with Crippen molar-refractivity contribution in [2.45, 2.75) is 37.8 Å². The minimum Gasteiger partial charge on any atom is -0.481 e. The lowest BCUT2D eigenvalue weighted by Gasteiger charge is -2.34. The zero-order valence-corrected chi connectivity index (χ0v) is 23.7. The molecule has 3 aromatic carbocycles. The van der Waals surface area contributed by atoms with Crippen molar-refractivity contribution in [3.63, 3.8) is 0 Å². The number of alkyl carbamates (subject to hydrolysis) is 1. The number of carbonyl (C=O) groups excluding carboxylic acids is 2. The van der Waals surface area contributed by atoms with Gasteiger partial charge in [-0.15, -0.1) is 0 Å². The first kappa shape index (κ1) is 28.0. The van der Waals surface area contributed by atoms with E-state index in [-0.39, 0.29) is 31.3 Å². The summed E-state index contributed by atoms with van der Waals surface area (Å²) in [7, 11) is 0. The van der Waals surface area contributed by atoms with Crippen molar-refractivity contribution in [1.82, 2.24) is 15.1 Å².